The van der Waals surface area contributed by atoms with Crippen LogP contribution in [0.3, 0.4) is 0 Å². The summed E-state index contributed by atoms with van der Waals surface area (Å²) in [5, 5.41) is 9.99. The summed E-state index contributed by atoms with van der Waals surface area (Å²) in [6.45, 7) is 6.04. The normalized spacial score (nSPS) is 12.7. The van der Waals surface area contributed by atoms with Gasteiger partial charge in [0.1, 0.15) is 11.5 Å². The molecule has 0 aromatic carbocycles. The minimum Gasteiger partial charge on any atom is -0.466 e. The van der Waals surface area contributed by atoms with Crippen molar-refractivity contribution in [2.75, 3.05) is 5.32 Å². The Bertz CT molecular complexity index is 431. The smallest absolute Gasteiger partial charge is 0.106 e. The van der Waals surface area contributed by atoms with Crippen LogP contribution in [0.4, 0.5) is 5.69 Å². The molecule has 1 atom stereocenters. The van der Waals surface area contributed by atoms with E-state index in [4.69, 9.17) is 4.42 Å². The van der Waals surface area contributed by atoms with Crippen molar-refractivity contribution in [1.82, 2.24) is 10.2 Å². The fourth-order valence-corrected chi connectivity index (χ4v) is 1.74. The van der Waals surface area contributed by atoms with Gasteiger partial charge in [0.05, 0.1) is 17.9 Å². The zero-order valence-electron chi connectivity index (χ0n) is 9.16. The van der Waals surface area contributed by atoms with Gasteiger partial charge >= 0.3 is 0 Å². The Morgan fingerprint density at radius 1 is 1.47 bits per heavy atom. The molecule has 4 heteroatoms. The van der Waals surface area contributed by atoms with Crippen molar-refractivity contribution in [3.8, 4) is 0 Å². The number of anilines is 1. The van der Waals surface area contributed by atoms with Crippen molar-refractivity contribution in [2.45, 2.75) is 26.8 Å². The van der Waals surface area contributed by atoms with Crippen molar-refractivity contribution in [1.29, 1.82) is 0 Å². The molecule has 0 fully saturated rings. The Morgan fingerprint density at radius 2 is 2.27 bits per heavy atom. The lowest BCUT2D eigenvalue weighted by atomic mass is 10.1. The number of furan rings is 1. The Balaban J connectivity index is 2.14. The summed E-state index contributed by atoms with van der Waals surface area (Å²) in [5.41, 5.74) is 2.18. The Hall–Kier alpha value is -1.71. The lowest BCUT2D eigenvalue weighted by Crippen LogP contribution is -2.05. The van der Waals surface area contributed by atoms with E-state index in [2.05, 4.69) is 28.5 Å². The molecule has 2 aromatic heterocycles. The van der Waals surface area contributed by atoms with Crippen LogP contribution >= 0.6 is 0 Å². The molecule has 0 radical (unpaired) electrons. The molecule has 0 amide bonds. The number of aromatic amines is 1. The molecular formula is C11H15N3O. The fraction of sp³-hybridized carbons (Fsp3) is 0.364. The van der Waals surface area contributed by atoms with Crippen molar-refractivity contribution >= 4 is 5.69 Å². The monoisotopic (exact) mass is 205 g/mol. The van der Waals surface area contributed by atoms with Crippen LogP contribution in [0.5, 0.6) is 0 Å². The number of aryl methyl sites for hydroxylation is 2. The van der Waals surface area contributed by atoms with Gasteiger partial charge < -0.3 is 9.73 Å². The summed E-state index contributed by atoms with van der Waals surface area (Å²) in [6.07, 6.45) is 3.59. The average Bonchev–Trinajstić information content (AvgIpc) is 2.75. The third-order valence-corrected chi connectivity index (χ3v) is 2.43. The number of nitrogens with one attached hydrogen (secondary N) is 2. The lowest BCUT2D eigenvalue weighted by Gasteiger charge is -2.12. The first-order chi connectivity index (χ1) is 7.16. The van der Waals surface area contributed by atoms with Gasteiger partial charge in [-0.1, -0.05) is 0 Å². The molecule has 4 nitrogen and oxygen atoms in total. The highest BCUT2D eigenvalue weighted by Crippen LogP contribution is 2.24. The van der Waals surface area contributed by atoms with Crippen molar-refractivity contribution in [3.05, 3.63) is 35.5 Å². The number of hydrogen-bond acceptors (Lipinski definition) is 3. The van der Waals surface area contributed by atoms with E-state index in [0.717, 1.165) is 17.2 Å². The highest BCUT2D eigenvalue weighted by molar-refractivity contribution is 5.41. The molecule has 2 N–H and O–H groups in total. The number of H-pyrrole nitrogens is 1. The van der Waals surface area contributed by atoms with Crippen LogP contribution < -0.4 is 5.32 Å². The van der Waals surface area contributed by atoms with Gasteiger partial charge in [0.2, 0.25) is 0 Å². The largest absolute Gasteiger partial charge is 0.466 e. The Kier molecular flexibility index (Phi) is 2.49. The minimum absolute atomic E-state index is 0.222. The lowest BCUT2D eigenvalue weighted by molar-refractivity contribution is 0.500. The predicted molar refractivity (Wildman–Crippen MR) is 58.8 cm³/mol. The second-order valence-electron chi connectivity index (χ2n) is 3.72. The molecule has 0 aliphatic rings. The minimum atomic E-state index is 0.222. The number of rotatable bonds is 3. The molecule has 2 rings (SSSR count). The number of nitrogens with zero attached hydrogens (tertiary/aromatic N) is 1. The first-order valence-electron chi connectivity index (χ1n) is 4.99. The van der Waals surface area contributed by atoms with E-state index in [1.54, 1.807) is 6.20 Å². The summed E-state index contributed by atoms with van der Waals surface area (Å²) < 4.78 is 5.49. The molecule has 0 saturated carbocycles. The zero-order valence-corrected chi connectivity index (χ0v) is 9.16. The van der Waals surface area contributed by atoms with Gasteiger partial charge in [-0.2, -0.15) is 5.10 Å². The molecule has 2 heterocycles. The number of hydrogen-bond donors (Lipinski definition) is 2. The first kappa shape index (κ1) is 9.83. The van der Waals surface area contributed by atoms with Crippen LogP contribution in [0.25, 0.3) is 0 Å². The fourth-order valence-electron chi connectivity index (χ4n) is 1.74. The predicted octanol–water partition coefficient (Wildman–Crippen LogP) is 2.79. The maximum absolute atomic E-state index is 5.49. The molecule has 2 aromatic rings. The molecular weight excluding hydrogens is 190 g/mol. The second kappa shape index (κ2) is 3.81. The van der Waals surface area contributed by atoms with Crippen LogP contribution in [0.2, 0.25) is 0 Å². The summed E-state index contributed by atoms with van der Waals surface area (Å²) >= 11 is 0. The maximum Gasteiger partial charge on any atom is 0.106 e. The maximum atomic E-state index is 5.49. The molecule has 0 spiro atoms. The van der Waals surface area contributed by atoms with E-state index in [1.807, 2.05) is 20.0 Å². The standard InChI is InChI=1S/C11H15N3O/c1-7-4-11(9(3)15-7)8(2)14-10-5-12-13-6-10/h4-6,8,14H,1-3H3,(H,12,13). The van der Waals surface area contributed by atoms with Gasteiger partial charge in [-0.05, 0) is 26.8 Å². The van der Waals surface area contributed by atoms with Crippen molar-refractivity contribution < 1.29 is 4.42 Å². The SMILES string of the molecule is Cc1cc(C(C)Nc2cn[nH]c2)c(C)o1. The zero-order chi connectivity index (χ0) is 10.8. The van der Waals surface area contributed by atoms with Gasteiger partial charge in [0.15, 0.2) is 0 Å². The van der Waals surface area contributed by atoms with Gasteiger partial charge in [-0.25, -0.2) is 0 Å². The van der Waals surface area contributed by atoms with Crippen LogP contribution in [0.15, 0.2) is 22.9 Å². The third kappa shape index (κ3) is 2.03. The van der Waals surface area contributed by atoms with Crippen LogP contribution in [0.1, 0.15) is 30.0 Å². The molecule has 1 unspecified atom stereocenters. The summed E-state index contributed by atoms with van der Waals surface area (Å²) in [6, 6.07) is 2.28. The highest BCUT2D eigenvalue weighted by atomic mass is 16.3. The first-order valence-corrected chi connectivity index (χ1v) is 4.99. The Labute approximate surface area is 88.7 Å². The molecule has 0 saturated heterocycles. The van der Waals surface area contributed by atoms with Gasteiger partial charge in [-0.3, -0.25) is 5.10 Å². The van der Waals surface area contributed by atoms with E-state index < -0.39 is 0 Å². The molecule has 0 aliphatic heterocycles. The van der Waals surface area contributed by atoms with Crippen LogP contribution in [0, 0.1) is 13.8 Å². The van der Waals surface area contributed by atoms with Crippen LogP contribution in [-0.4, -0.2) is 10.2 Å². The second-order valence-corrected chi connectivity index (χ2v) is 3.72. The average molecular weight is 205 g/mol. The Morgan fingerprint density at radius 3 is 2.80 bits per heavy atom. The van der Waals surface area contributed by atoms with Crippen molar-refractivity contribution in [3.63, 3.8) is 0 Å². The van der Waals surface area contributed by atoms with E-state index in [0.29, 0.717) is 0 Å². The topological polar surface area (TPSA) is 53.9 Å². The van der Waals surface area contributed by atoms with Gasteiger partial charge in [0.25, 0.3) is 0 Å². The van der Waals surface area contributed by atoms with Crippen molar-refractivity contribution in [2.24, 2.45) is 0 Å². The van der Waals surface area contributed by atoms with E-state index in [9.17, 15) is 0 Å². The summed E-state index contributed by atoms with van der Waals surface area (Å²) in [4.78, 5) is 0. The van der Waals surface area contributed by atoms with E-state index in [1.165, 1.54) is 5.56 Å². The molecule has 0 bridgehead atoms. The number of aromatic nitrogens is 2. The quantitative estimate of drug-likeness (QED) is 0.810. The summed E-state index contributed by atoms with van der Waals surface area (Å²) in [7, 11) is 0. The highest BCUT2D eigenvalue weighted by Gasteiger charge is 2.12. The van der Waals surface area contributed by atoms with Gasteiger partial charge in [0, 0.05) is 11.8 Å². The van der Waals surface area contributed by atoms with E-state index in [-0.39, 0.29) is 6.04 Å². The molecule has 80 valence electrons. The molecule has 15 heavy (non-hydrogen) atoms. The summed E-state index contributed by atoms with van der Waals surface area (Å²) in [5.74, 6) is 1.92. The van der Waals surface area contributed by atoms with Crippen LogP contribution in [-0.2, 0) is 0 Å². The van der Waals surface area contributed by atoms with Gasteiger partial charge in [-0.15, -0.1) is 0 Å². The third-order valence-electron chi connectivity index (χ3n) is 2.43. The molecule has 0 aliphatic carbocycles. The van der Waals surface area contributed by atoms with E-state index >= 15 is 0 Å².